The van der Waals surface area contributed by atoms with Crippen LogP contribution in [0.2, 0.25) is 0 Å². The summed E-state index contributed by atoms with van der Waals surface area (Å²) >= 11 is 0. The molecule has 0 saturated carbocycles. The number of benzene rings is 2. The summed E-state index contributed by atoms with van der Waals surface area (Å²) < 4.78 is 11.5. The van der Waals surface area contributed by atoms with Crippen molar-refractivity contribution in [1.29, 1.82) is 0 Å². The Morgan fingerprint density at radius 1 is 0.926 bits per heavy atom. The Bertz CT molecular complexity index is 729. The van der Waals surface area contributed by atoms with Crippen molar-refractivity contribution < 1.29 is 14.3 Å². The zero-order chi connectivity index (χ0) is 19.6. The summed E-state index contributed by atoms with van der Waals surface area (Å²) in [6, 6.07) is 15.1. The Hall–Kier alpha value is -2.69. The van der Waals surface area contributed by atoms with Crippen molar-refractivity contribution in [2.24, 2.45) is 11.8 Å². The molecule has 0 aliphatic carbocycles. The topological polar surface area (TPSA) is 59.6 Å². The highest BCUT2D eigenvalue weighted by Crippen LogP contribution is 2.24. The average Bonchev–Trinajstić information content (AvgIpc) is 2.64. The first-order valence-corrected chi connectivity index (χ1v) is 9.42. The number of ether oxygens (including phenoxy) is 2. The molecule has 27 heavy (non-hydrogen) atoms. The van der Waals surface area contributed by atoms with Crippen LogP contribution in [0.1, 0.15) is 27.7 Å². The molecule has 2 rings (SSSR count). The molecule has 0 atom stereocenters. The van der Waals surface area contributed by atoms with Crippen LogP contribution in [0.4, 0.5) is 11.4 Å². The van der Waals surface area contributed by atoms with Crippen LogP contribution in [0.15, 0.2) is 48.5 Å². The van der Waals surface area contributed by atoms with Gasteiger partial charge in [-0.15, -0.1) is 0 Å². The highest BCUT2D eigenvalue weighted by Gasteiger charge is 2.08. The standard InChI is InChI=1S/C22H30N2O3/c1-16(2)14-26-19-9-7-8-18(12-19)23-13-22(25)24-20-10-5-6-11-21(20)27-15-17(3)4/h5-12,16-17,23H,13-15H2,1-4H3,(H,24,25). The molecule has 0 saturated heterocycles. The van der Waals surface area contributed by atoms with Crippen molar-refractivity contribution in [3.05, 3.63) is 48.5 Å². The first-order chi connectivity index (χ1) is 12.9. The highest BCUT2D eigenvalue weighted by molar-refractivity contribution is 5.95. The maximum absolute atomic E-state index is 12.3. The number of anilines is 2. The summed E-state index contributed by atoms with van der Waals surface area (Å²) in [5.41, 5.74) is 1.52. The van der Waals surface area contributed by atoms with E-state index in [9.17, 15) is 4.79 Å². The fourth-order valence-corrected chi connectivity index (χ4v) is 2.29. The summed E-state index contributed by atoms with van der Waals surface area (Å²) in [6.45, 7) is 9.82. The van der Waals surface area contributed by atoms with Crippen LogP contribution in [0.3, 0.4) is 0 Å². The van der Waals surface area contributed by atoms with Crippen LogP contribution in [0, 0.1) is 11.8 Å². The Kier molecular flexibility index (Phi) is 7.99. The molecule has 0 bridgehead atoms. The van der Waals surface area contributed by atoms with Crippen molar-refractivity contribution >= 4 is 17.3 Å². The molecule has 0 aliphatic rings. The number of nitrogens with one attached hydrogen (secondary N) is 2. The van der Waals surface area contributed by atoms with Crippen LogP contribution in [0.5, 0.6) is 11.5 Å². The lowest BCUT2D eigenvalue weighted by Gasteiger charge is -2.14. The summed E-state index contributed by atoms with van der Waals surface area (Å²) in [4.78, 5) is 12.3. The van der Waals surface area contributed by atoms with Gasteiger partial charge in [-0.05, 0) is 36.1 Å². The third kappa shape index (κ3) is 7.60. The van der Waals surface area contributed by atoms with Crippen LogP contribution in [0.25, 0.3) is 0 Å². The molecule has 1 amide bonds. The van der Waals surface area contributed by atoms with Gasteiger partial charge in [0.2, 0.25) is 5.91 Å². The van der Waals surface area contributed by atoms with E-state index in [4.69, 9.17) is 9.47 Å². The van der Waals surface area contributed by atoms with Crippen LogP contribution >= 0.6 is 0 Å². The van der Waals surface area contributed by atoms with Crippen molar-refractivity contribution in [3.63, 3.8) is 0 Å². The minimum atomic E-state index is -0.135. The molecular weight excluding hydrogens is 340 g/mol. The molecule has 146 valence electrons. The molecule has 0 radical (unpaired) electrons. The molecular formula is C22H30N2O3. The Labute approximate surface area is 162 Å². The lowest BCUT2D eigenvalue weighted by Crippen LogP contribution is -2.22. The molecule has 0 heterocycles. The summed E-state index contributed by atoms with van der Waals surface area (Å²) in [7, 11) is 0. The lowest BCUT2D eigenvalue weighted by molar-refractivity contribution is -0.114. The van der Waals surface area contributed by atoms with Crippen molar-refractivity contribution in [3.8, 4) is 11.5 Å². The summed E-state index contributed by atoms with van der Waals surface area (Å²) in [6.07, 6.45) is 0. The molecule has 0 fully saturated rings. The number of rotatable bonds is 10. The van der Waals surface area contributed by atoms with Crippen molar-refractivity contribution in [2.45, 2.75) is 27.7 Å². The summed E-state index contributed by atoms with van der Waals surface area (Å²) in [5.74, 6) is 2.22. The molecule has 2 aromatic rings. The molecule has 2 N–H and O–H groups in total. The smallest absolute Gasteiger partial charge is 0.243 e. The van der Waals surface area contributed by atoms with E-state index < -0.39 is 0 Å². The number of hydrogen-bond acceptors (Lipinski definition) is 4. The number of para-hydroxylation sites is 2. The zero-order valence-electron chi connectivity index (χ0n) is 16.6. The first-order valence-electron chi connectivity index (χ1n) is 9.42. The number of amides is 1. The normalized spacial score (nSPS) is 10.7. The van der Waals surface area contributed by atoms with Gasteiger partial charge >= 0.3 is 0 Å². The second kappa shape index (κ2) is 10.5. The Morgan fingerprint density at radius 2 is 1.63 bits per heavy atom. The lowest BCUT2D eigenvalue weighted by atomic mass is 10.2. The third-order valence-corrected chi connectivity index (χ3v) is 3.60. The van der Waals surface area contributed by atoms with E-state index in [0.717, 1.165) is 11.4 Å². The van der Waals surface area contributed by atoms with Gasteiger partial charge in [0.25, 0.3) is 0 Å². The fraction of sp³-hybridized carbons (Fsp3) is 0.409. The van der Waals surface area contributed by atoms with Gasteiger partial charge in [0.05, 0.1) is 25.4 Å². The maximum atomic E-state index is 12.3. The molecule has 2 aromatic carbocycles. The molecule has 5 heteroatoms. The SMILES string of the molecule is CC(C)COc1cccc(NCC(=O)Nc2ccccc2OCC(C)C)c1. The van der Waals surface area contributed by atoms with E-state index in [-0.39, 0.29) is 12.5 Å². The largest absolute Gasteiger partial charge is 0.493 e. The molecule has 0 aliphatic heterocycles. The Balaban J connectivity index is 1.89. The maximum Gasteiger partial charge on any atom is 0.243 e. The van der Waals surface area contributed by atoms with Crippen molar-refractivity contribution in [1.82, 2.24) is 0 Å². The predicted octanol–water partition coefficient (Wildman–Crippen LogP) is 4.81. The van der Waals surface area contributed by atoms with Gasteiger partial charge in [0.15, 0.2) is 0 Å². The van der Waals surface area contributed by atoms with Crippen LogP contribution < -0.4 is 20.1 Å². The van der Waals surface area contributed by atoms with Crippen LogP contribution in [-0.4, -0.2) is 25.7 Å². The van der Waals surface area contributed by atoms with Gasteiger partial charge in [-0.25, -0.2) is 0 Å². The molecule has 0 unspecified atom stereocenters. The second-order valence-corrected chi connectivity index (χ2v) is 7.34. The third-order valence-electron chi connectivity index (χ3n) is 3.60. The highest BCUT2D eigenvalue weighted by atomic mass is 16.5. The minimum absolute atomic E-state index is 0.135. The average molecular weight is 370 g/mol. The molecule has 5 nitrogen and oxygen atoms in total. The Morgan fingerprint density at radius 3 is 2.37 bits per heavy atom. The van der Waals surface area contributed by atoms with E-state index in [0.29, 0.717) is 36.5 Å². The van der Waals surface area contributed by atoms with Gasteiger partial charge in [-0.1, -0.05) is 45.9 Å². The van der Waals surface area contributed by atoms with Gasteiger partial charge < -0.3 is 20.1 Å². The monoisotopic (exact) mass is 370 g/mol. The minimum Gasteiger partial charge on any atom is -0.493 e. The van der Waals surface area contributed by atoms with Gasteiger partial charge in [-0.3, -0.25) is 4.79 Å². The van der Waals surface area contributed by atoms with Gasteiger partial charge in [0, 0.05) is 11.8 Å². The molecule has 0 aromatic heterocycles. The van der Waals surface area contributed by atoms with Crippen LogP contribution in [-0.2, 0) is 4.79 Å². The summed E-state index contributed by atoms with van der Waals surface area (Å²) in [5, 5.41) is 6.03. The van der Waals surface area contributed by atoms with Gasteiger partial charge in [-0.2, -0.15) is 0 Å². The van der Waals surface area contributed by atoms with Gasteiger partial charge in [0.1, 0.15) is 11.5 Å². The van der Waals surface area contributed by atoms with E-state index in [1.165, 1.54) is 0 Å². The molecule has 0 spiro atoms. The predicted molar refractivity (Wildman–Crippen MR) is 111 cm³/mol. The number of hydrogen-bond donors (Lipinski definition) is 2. The van der Waals surface area contributed by atoms with E-state index in [1.54, 1.807) is 0 Å². The first kappa shape index (κ1) is 20.6. The fourth-order valence-electron chi connectivity index (χ4n) is 2.29. The second-order valence-electron chi connectivity index (χ2n) is 7.34. The van der Waals surface area contributed by atoms with E-state index in [2.05, 4.69) is 38.3 Å². The van der Waals surface area contributed by atoms with E-state index >= 15 is 0 Å². The van der Waals surface area contributed by atoms with E-state index in [1.807, 2.05) is 48.5 Å². The zero-order valence-corrected chi connectivity index (χ0v) is 16.6. The number of carbonyl (C=O) groups is 1. The quantitative estimate of drug-likeness (QED) is 0.630. The van der Waals surface area contributed by atoms with Crippen molar-refractivity contribution in [2.75, 3.05) is 30.4 Å². The number of carbonyl (C=O) groups excluding carboxylic acids is 1.